The minimum absolute atomic E-state index is 0.00359. The van der Waals surface area contributed by atoms with Gasteiger partial charge in [0.05, 0.1) is 61.3 Å². The monoisotopic (exact) mass is 450 g/mol. The Hall–Kier alpha value is -3.53. The average molecular weight is 451 g/mol. The second-order valence-corrected chi connectivity index (χ2v) is 7.93. The lowest BCUT2D eigenvalue weighted by atomic mass is 10.1. The number of nitrogens with one attached hydrogen (secondary N) is 2. The molecule has 33 heavy (non-hydrogen) atoms. The Kier molecular flexibility index (Phi) is 7.13. The van der Waals surface area contributed by atoms with Gasteiger partial charge in [-0.2, -0.15) is 10.2 Å². The molecule has 1 aliphatic heterocycles. The highest BCUT2D eigenvalue weighted by Crippen LogP contribution is 2.26. The average Bonchev–Trinajstić information content (AvgIpc) is 3.52. The van der Waals surface area contributed by atoms with E-state index in [9.17, 15) is 4.79 Å². The van der Waals surface area contributed by atoms with Gasteiger partial charge in [-0.3, -0.25) is 9.48 Å². The molecular weight excluding hydrogens is 420 g/mol. The van der Waals surface area contributed by atoms with Crippen molar-refractivity contribution in [1.82, 2.24) is 34.6 Å². The fraction of sp³-hybridized carbons (Fsp3) is 0.435. The number of fused-ring (bicyclic) bond motifs is 1. The van der Waals surface area contributed by atoms with Crippen LogP contribution in [0.3, 0.4) is 0 Å². The number of carbonyl (C=O) groups excluding carboxylic acids is 1. The summed E-state index contributed by atoms with van der Waals surface area (Å²) in [6.07, 6.45) is 12.2. The second-order valence-electron chi connectivity index (χ2n) is 7.93. The lowest BCUT2D eigenvalue weighted by molar-refractivity contribution is -0.134. The third-order valence-electron chi connectivity index (χ3n) is 5.91. The van der Waals surface area contributed by atoms with E-state index in [0.717, 1.165) is 29.6 Å². The first-order chi connectivity index (χ1) is 16.1. The van der Waals surface area contributed by atoms with Gasteiger partial charge in [0.25, 0.3) is 0 Å². The number of morpholine rings is 1. The summed E-state index contributed by atoms with van der Waals surface area (Å²) in [5, 5.41) is 19.9. The first-order valence-corrected chi connectivity index (χ1v) is 11.3. The van der Waals surface area contributed by atoms with E-state index in [-0.39, 0.29) is 12.5 Å². The predicted molar refractivity (Wildman–Crippen MR) is 126 cm³/mol. The van der Waals surface area contributed by atoms with Crippen LogP contribution in [0, 0.1) is 5.41 Å². The molecule has 0 aliphatic carbocycles. The maximum Gasteiger partial charge on any atom is 0.242 e. The van der Waals surface area contributed by atoms with Gasteiger partial charge in [-0.15, -0.1) is 0 Å². The van der Waals surface area contributed by atoms with E-state index in [1.807, 2.05) is 23.1 Å². The Bertz CT molecular complexity index is 1140. The number of hydrogen-bond donors (Lipinski definition) is 2. The van der Waals surface area contributed by atoms with Crippen LogP contribution in [0.15, 0.2) is 37.1 Å². The zero-order valence-corrected chi connectivity index (χ0v) is 19.1. The Balaban J connectivity index is 1.59. The molecule has 10 heteroatoms. The van der Waals surface area contributed by atoms with Crippen molar-refractivity contribution in [1.29, 1.82) is 5.41 Å². The van der Waals surface area contributed by atoms with E-state index in [2.05, 4.69) is 29.4 Å². The molecule has 10 nitrogen and oxygen atoms in total. The Morgan fingerprint density at radius 1 is 1.24 bits per heavy atom. The molecule has 0 aromatic carbocycles. The predicted octanol–water partition coefficient (Wildman–Crippen LogP) is 2.39. The molecule has 3 aromatic heterocycles. The molecule has 2 N–H and O–H groups in total. The number of nitrogens with zero attached hydrogens (tertiary/aromatic N) is 6. The van der Waals surface area contributed by atoms with Crippen molar-refractivity contribution in [2.24, 2.45) is 0 Å². The summed E-state index contributed by atoms with van der Waals surface area (Å²) < 4.78 is 9.03. The van der Waals surface area contributed by atoms with Crippen LogP contribution in [0.2, 0.25) is 0 Å². The van der Waals surface area contributed by atoms with Crippen molar-refractivity contribution in [2.45, 2.75) is 32.7 Å². The molecule has 1 saturated heterocycles. The minimum atomic E-state index is 0.00359. The van der Waals surface area contributed by atoms with E-state index in [1.165, 1.54) is 6.21 Å². The number of rotatable bonds is 9. The third-order valence-corrected chi connectivity index (χ3v) is 5.91. The lowest BCUT2D eigenvalue weighted by Gasteiger charge is -2.26. The first-order valence-electron chi connectivity index (χ1n) is 11.3. The van der Waals surface area contributed by atoms with Crippen LogP contribution in [0.1, 0.15) is 38.4 Å². The molecular formula is C23H30N8O2. The fourth-order valence-corrected chi connectivity index (χ4v) is 3.96. The van der Waals surface area contributed by atoms with E-state index in [1.54, 1.807) is 28.0 Å². The van der Waals surface area contributed by atoms with Gasteiger partial charge in [0.2, 0.25) is 5.91 Å². The Morgan fingerprint density at radius 2 is 2.03 bits per heavy atom. The van der Waals surface area contributed by atoms with Crippen LogP contribution >= 0.6 is 0 Å². The minimum Gasteiger partial charge on any atom is -0.382 e. The largest absolute Gasteiger partial charge is 0.382 e. The standard InChI is InChI=1S/C23H30N8O2/c1-3-19(4-2)30-15-18(13-27-30)23-21-5-6-26-31(21)16-20(28-23)17(11-24)12-25-14-22(32)29-7-9-33-10-8-29/h5-6,11-13,15-16,19,24-25H,3-4,7-10,14H2,1-2H3/b17-12+,24-11?. The van der Waals surface area contributed by atoms with Crippen LogP contribution in [-0.2, 0) is 9.53 Å². The molecule has 174 valence electrons. The smallest absolute Gasteiger partial charge is 0.242 e. The molecule has 0 bridgehead atoms. The van der Waals surface area contributed by atoms with Crippen molar-refractivity contribution in [2.75, 3.05) is 32.8 Å². The van der Waals surface area contributed by atoms with Gasteiger partial charge in [-0.1, -0.05) is 13.8 Å². The molecule has 3 aromatic rings. The maximum atomic E-state index is 12.4. The van der Waals surface area contributed by atoms with Crippen molar-refractivity contribution in [3.8, 4) is 11.3 Å². The van der Waals surface area contributed by atoms with E-state index < -0.39 is 0 Å². The van der Waals surface area contributed by atoms with Crippen LogP contribution in [-0.4, -0.2) is 74.2 Å². The quantitative estimate of drug-likeness (QED) is 0.484. The number of carbonyl (C=O) groups is 1. The van der Waals surface area contributed by atoms with Crippen molar-refractivity contribution in [3.05, 3.63) is 42.7 Å². The van der Waals surface area contributed by atoms with Gasteiger partial charge < -0.3 is 20.4 Å². The molecule has 0 radical (unpaired) electrons. The van der Waals surface area contributed by atoms with Crippen LogP contribution < -0.4 is 5.32 Å². The third kappa shape index (κ3) is 4.95. The van der Waals surface area contributed by atoms with Crippen molar-refractivity contribution >= 4 is 23.2 Å². The van der Waals surface area contributed by atoms with Crippen LogP contribution in [0.25, 0.3) is 22.3 Å². The molecule has 1 amide bonds. The molecule has 1 aliphatic rings. The number of aromatic nitrogens is 5. The summed E-state index contributed by atoms with van der Waals surface area (Å²) in [4.78, 5) is 19.0. The van der Waals surface area contributed by atoms with E-state index >= 15 is 0 Å². The van der Waals surface area contributed by atoms with E-state index in [0.29, 0.717) is 43.6 Å². The molecule has 0 atom stereocenters. The molecule has 4 rings (SSSR count). The van der Waals surface area contributed by atoms with Gasteiger partial charge in [0.1, 0.15) is 0 Å². The lowest BCUT2D eigenvalue weighted by Crippen LogP contribution is -2.44. The zero-order valence-electron chi connectivity index (χ0n) is 19.1. The van der Waals surface area contributed by atoms with Gasteiger partial charge in [-0.25, -0.2) is 9.50 Å². The normalized spacial score (nSPS) is 14.8. The fourth-order valence-electron chi connectivity index (χ4n) is 3.96. The topological polar surface area (TPSA) is 113 Å². The highest BCUT2D eigenvalue weighted by molar-refractivity contribution is 6.07. The van der Waals surface area contributed by atoms with Crippen LogP contribution in [0.5, 0.6) is 0 Å². The van der Waals surface area contributed by atoms with Crippen molar-refractivity contribution in [3.63, 3.8) is 0 Å². The summed E-state index contributed by atoms with van der Waals surface area (Å²) in [5.41, 5.74) is 3.64. The Labute approximate surface area is 192 Å². The summed E-state index contributed by atoms with van der Waals surface area (Å²) in [7, 11) is 0. The highest BCUT2D eigenvalue weighted by atomic mass is 16.5. The van der Waals surface area contributed by atoms with E-state index in [4.69, 9.17) is 15.1 Å². The first kappa shape index (κ1) is 22.7. The molecule has 0 unspecified atom stereocenters. The number of amides is 1. The molecule has 4 heterocycles. The summed E-state index contributed by atoms with van der Waals surface area (Å²) in [5.74, 6) is 0.00359. The van der Waals surface area contributed by atoms with Gasteiger partial charge in [0, 0.05) is 42.8 Å². The van der Waals surface area contributed by atoms with Crippen molar-refractivity contribution < 1.29 is 9.53 Å². The van der Waals surface area contributed by atoms with Gasteiger partial charge in [-0.05, 0) is 18.9 Å². The number of ether oxygens (including phenoxy) is 1. The highest BCUT2D eigenvalue weighted by Gasteiger charge is 2.17. The van der Waals surface area contributed by atoms with Gasteiger partial charge >= 0.3 is 0 Å². The zero-order chi connectivity index (χ0) is 23.2. The Morgan fingerprint density at radius 3 is 2.76 bits per heavy atom. The summed E-state index contributed by atoms with van der Waals surface area (Å²) in [6.45, 7) is 6.80. The second kappa shape index (κ2) is 10.4. The maximum absolute atomic E-state index is 12.4. The summed E-state index contributed by atoms with van der Waals surface area (Å²) >= 11 is 0. The number of allylic oxidation sites excluding steroid dienone is 1. The van der Waals surface area contributed by atoms with Gasteiger partial charge in [0.15, 0.2) is 0 Å². The van der Waals surface area contributed by atoms with Crippen LogP contribution in [0.4, 0.5) is 0 Å². The molecule has 0 saturated carbocycles. The molecule has 0 spiro atoms. The summed E-state index contributed by atoms with van der Waals surface area (Å²) in [6, 6.07) is 2.25. The SMILES string of the molecule is CCC(CC)n1cc(-c2nc(/C(C=N)=C/NCC(=O)N3CCOCC3)cn3nccc23)cn1. The molecule has 1 fully saturated rings. The number of hydrogen-bond acceptors (Lipinski definition) is 7.